The van der Waals surface area contributed by atoms with Crippen LogP contribution in [-0.4, -0.2) is 44.1 Å². The monoisotopic (exact) mass is 331 g/mol. The Bertz CT molecular complexity index is 714. The first-order valence-corrected chi connectivity index (χ1v) is 7.90. The van der Waals surface area contributed by atoms with E-state index in [-0.39, 0.29) is 11.9 Å². The van der Waals surface area contributed by atoms with Crippen molar-refractivity contribution in [1.29, 1.82) is 0 Å². The molecule has 24 heavy (non-hydrogen) atoms. The number of nitrogens with zero attached hydrogens (tertiary/aromatic N) is 1. The van der Waals surface area contributed by atoms with E-state index < -0.39 is 6.04 Å². The fraction of sp³-hybridized carbons (Fsp3) is 0.412. The summed E-state index contributed by atoms with van der Waals surface area (Å²) in [4.78, 5) is 26.5. The van der Waals surface area contributed by atoms with Crippen LogP contribution in [0.5, 0.6) is 11.5 Å². The highest BCUT2D eigenvalue weighted by Gasteiger charge is 2.40. The van der Waals surface area contributed by atoms with Crippen LogP contribution in [0.2, 0.25) is 0 Å². The summed E-state index contributed by atoms with van der Waals surface area (Å²) in [5.74, 6) is 1.11. The molecule has 0 saturated carbocycles. The van der Waals surface area contributed by atoms with Gasteiger partial charge in [-0.25, -0.2) is 4.79 Å². The number of amides is 3. The lowest BCUT2D eigenvalue weighted by molar-refractivity contribution is -0.125. The minimum Gasteiger partial charge on any atom is -0.493 e. The molecule has 7 nitrogen and oxygen atoms in total. The van der Waals surface area contributed by atoms with E-state index in [0.717, 1.165) is 12.0 Å². The minimum absolute atomic E-state index is 0.0425. The molecule has 1 aromatic rings. The van der Waals surface area contributed by atoms with Crippen LogP contribution in [-0.2, 0) is 4.79 Å². The molecule has 2 N–H and O–H groups in total. The average Bonchev–Trinajstić information content (AvgIpc) is 2.89. The Morgan fingerprint density at radius 1 is 1.21 bits per heavy atom. The van der Waals surface area contributed by atoms with Gasteiger partial charge >= 0.3 is 6.03 Å². The molecule has 2 aliphatic heterocycles. The zero-order chi connectivity index (χ0) is 17.3. The fourth-order valence-electron chi connectivity index (χ4n) is 3.16. The van der Waals surface area contributed by atoms with Crippen LogP contribution in [0.4, 0.5) is 4.79 Å². The molecule has 128 valence electrons. The molecule has 0 bridgehead atoms. The molecular weight excluding hydrogens is 310 g/mol. The highest BCUT2D eigenvalue weighted by atomic mass is 16.5. The maximum atomic E-state index is 12.7. The number of benzene rings is 1. The van der Waals surface area contributed by atoms with Crippen molar-refractivity contribution in [2.45, 2.75) is 19.4 Å². The lowest BCUT2D eigenvalue weighted by atomic mass is 9.96. The van der Waals surface area contributed by atoms with E-state index in [1.54, 1.807) is 31.3 Å². The summed E-state index contributed by atoms with van der Waals surface area (Å²) in [5.41, 5.74) is 2.05. The number of rotatable bonds is 5. The van der Waals surface area contributed by atoms with Crippen LogP contribution in [0.1, 0.15) is 24.9 Å². The van der Waals surface area contributed by atoms with Gasteiger partial charge in [0.05, 0.1) is 38.1 Å². The molecule has 0 aromatic heterocycles. The molecule has 2 heterocycles. The van der Waals surface area contributed by atoms with Crippen molar-refractivity contribution in [2.24, 2.45) is 0 Å². The maximum Gasteiger partial charge on any atom is 0.319 e. The Labute approximate surface area is 140 Å². The zero-order valence-corrected chi connectivity index (χ0v) is 14.0. The quantitative estimate of drug-likeness (QED) is 0.858. The number of carbonyl (C=O) groups is 2. The second kappa shape index (κ2) is 6.43. The molecule has 2 aliphatic rings. The summed E-state index contributed by atoms with van der Waals surface area (Å²) in [6, 6.07) is 4.59. The van der Waals surface area contributed by atoms with Gasteiger partial charge in [-0.05, 0) is 24.1 Å². The number of urea groups is 1. The van der Waals surface area contributed by atoms with Crippen molar-refractivity contribution in [3.05, 3.63) is 35.0 Å². The number of hydrogen-bond donors (Lipinski definition) is 2. The van der Waals surface area contributed by atoms with Crippen molar-refractivity contribution in [2.75, 3.05) is 27.3 Å². The topological polar surface area (TPSA) is 79.9 Å². The van der Waals surface area contributed by atoms with Crippen molar-refractivity contribution in [3.63, 3.8) is 0 Å². The molecule has 7 heteroatoms. The van der Waals surface area contributed by atoms with Gasteiger partial charge in [0.25, 0.3) is 5.91 Å². The molecule has 1 atom stereocenters. The first-order valence-electron chi connectivity index (χ1n) is 7.90. The van der Waals surface area contributed by atoms with Gasteiger partial charge in [0.15, 0.2) is 11.5 Å². The molecule has 0 spiro atoms. The summed E-state index contributed by atoms with van der Waals surface area (Å²) in [6.07, 6.45) is 0.870. The predicted molar refractivity (Wildman–Crippen MR) is 87.9 cm³/mol. The van der Waals surface area contributed by atoms with Gasteiger partial charge in [0.2, 0.25) is 0 Å². The van der Waals surface area contributed by atoms with Gasteiger partial charge in [-0.3, -0.25) is 4.79 Å². The Hall–Kier alpha value is -2.70. The lowest BCUT2D eigenvalue weighted by Crippen LogP contribution is -2.44. The minimum atomic E-state index is -0.497. The van der Waals surface area contributed by atoms with Crippen LogP contribution in [0.25, 0.3) is 0 Å². The zero-order valence-electron chi connectivity index (χ0n) is 14.0. The molecule has 0 saturated heterocycles. The molecule has 1 aromatic carbocycles. The Balaban J connectivity index is 1.99. The van der Waals surface area contributed by atoms with E-state index in [1.807, 2.05) is 13.0 Å². The normalized spacial score (nSPS) is 19.8. The van der Waals surface area contributed by atoms with Crippen LogP contribution >= 0.6 is 0 Å². The molecular formula is C17H21N3O4. The van der Waals surface area contributed by atoms with Gasteiger partial charge in [-0.2, -0.15) is 0 Å². The Morgan fingerprint density at radius 3 is 2.62 bits per heavy atom. The van der Waals surface area contributed by atoms with Gasteiger partial charge in [0, 0.05) is 6.54 Å². The van der Waals surface area contributed by atoms with Crippen molar-refractivity contribution in [3.8, 4) is 11.5 Å². The van der Waals surface area contributed by atoms with Crippen LogP contribution in [0.15, 0.2) is 29.5 Å². The number of hydrogen-bond acceptors (Lipinski definition) is 4. The third kappa shape index (κ3) is 2.66. The van der Waals surface area contributed by atoms with Gasteiger partial charge < -0.3 is 25.0 Å². The first-order chi connectivity index (χ1) is 11.6. The molecule has 0 unspecified atom stereocenters. The van der Waals surface area contributed by atoms with Crippen molar-refractivity contribution < 1.29 is 19.1 Å². The third-order valence-corrected chi connectivity index (χ3v) is 4.25. The van der Waals surface area contributed by atoms with E-state index in [4.69, 9.17) is 9.47 Å². The standard InChI is InChI=1S/C17H21N3O4/c1-4-7-20-9-11-14(16(20)21)15(19-17(22)18-11)10-5-6-12(23-2)13(8-10)24-3/h5-6,8,15H,4,7,9H2,1-3H3,(H2,18,19,22)/t15-/m0/s1. The average molecular weight is 331 g/mol. The smallest absolute Gasteiger partial charge is 0.319 e. The van der Waals surface area contributed by atoms with Crippen LogP contribution in [0.3, 0.4) is 0 Å². The third-order valence-electron chi connectivity index (χ3n) is 4.25. The highest BCUT2D eigenvalue weighted by molar-refractivity contribution is 6.01. The SMILES string of the molecule is CCCN1CC2=C(C1=O)[C@H](c1ccc(OC)c(OC)c1)NC(=O)N2. The van der Waals surface area contributed by atoms with E-state index in [1.165, 1.54) is 0 Å². The molecule has 0 fully saturated rings. The van der Waals surface area contributed by atoms with Crippen molar-refractivity contribution in [1.82, 2.24) is 15.5 Å². The molecule has 3 amide bonds. The number of carbonyl (C=O) groups excluding carboxylic acids is 2. The Kier molecular flexibility index (Phi) is 4.33. The summed E-state index contributed by atoms with van der Waals surface area (Å²) >= 11 is 0. The summed E-state index contributed by atoms with van der Waals surface area (Å²) in [6.45, 7) is 3.13. The van der Waals surface area contributed by atoms with E-state index in [0.29, 0.717) is 35.9 Å². The second-order valence-electron chi connectivity index (χ2n) is 5.76. The summed E-state index contributed by atoms with van der Waals surface area (Å²) in [5, 5.41) is 5.59. The first kappa shape index (κ1) is 16.2. The van der Waals surface area contributed by atoms with E-state index >= 15 is 0 Å². The van der Waals surface area contributed by atoms with Crippen LogP contribution in [0, 0.1) is 0 Å². The Morgan fingerprint density at radius 2 is 1.96 bits per heavy atom. The maximum absolute atomic E-state index is 12.7. The van der Waals surface area contributed by atoms with Crippen LogP contribution < -0.4 is 20.1 Å². The summed E-state index contributed by atoms with van der Waals surface area (Å²) < 4.78 is 10.6. The molecule has 0 aliphatic carbocycles. The largest absolute Gasteiger partial charge is 0.493 e. The van der Waals surface area contributed by atoms with E-state index in [2.05, 4.69) is 10.6 Å². The van der Waals surface area contributed by atoms with Gasteiger partial charge in [-0.1, -0.05) is 13.0 Å². The van der Waals surface area contributed by atoms with Gasteiger partial charge in [-0.15, -0.1) is 0 Å². The van der Waals surface area contributed by atoms with Crippen molar-refractivity contribution >= 4 is 11.9 Å². The second-order valence-corrected chi connectivity index (χ2v) is 5.76. The van der Waals surface area contributed by atoms with E-state index in [9.17, 15) is 9.59 Å². The fourth-order valence-corrected chi connectivity index (χ4v) is 3.16. The number of nitrogens with one attached hydrogen (secondary N) is 2. The number of methoxy groups -OCH3 is 2. The molecule has 3 rings (SSSR count). The highest BCUT2D eigenvalue weighted by Crippen LogP contribution is 2.36. The molecule has 0 radical (unpaired) electrons. The van der Waals surface area contributed by atoms with Gasteiger partial charge in [0.1, 0.15) is 0 Å². The summed E-state index contributed by atoms with van der Waals surface area (Å²) in [7, 11) is 3.12. The number of ether oxygens (including phenoxy) is 2. The lowest BCUT2D eigenvalue weighted by Gasteiger charge is -2.26. The predicted octanol–water partition coefficient (Wildman–Crippen LogP) is 1.56.